The van der Waals surface area contributed by atoms with E-state index in [0.717, 1.165) is 19.0 Å². The first-order valence-corrected chi connectivity index (χ1v) is 9.12. The van der Waals surface area contributed by atoms with Crippen LogP contribution in [-0.4, -0.2) is 86.5 Å². The van der Waals surface area contributed by atoms with E-state index in [1.807, 2.05) is 14.1 Å². The summed E-state index contributed by atoms with van der Waals surface area (Å²) < 4.78 is 6.03. The van der Waals surface area contributed by atoms with Crippen molar-refractivity contribution >= 4 is 11.8 Å². The molecule has 4 atom stereocenters. The van der Waals surface area contributed by atoms with Crippen molar-refractivity contribution in [3.63, 3.8) is 0 Å². The van der Waals surface area contributed by atoms with Gasteiger partial charge in [0, 0.05) is 59.7 Å². The summed E-state index contributed by atoms with van der Waals surface area (Å²) in [5.74, 6) is 1.72. The van der Waals surface area contributed by atoms with Crippen molar-refractivity contribution < 1.29 is 14.3 Å². The Morgan fingerprint density at radius 3 is 2.25 bits per heavy atom. The fourth-order valence-corrected chi connectivity index (χ4v) is 4.22. The minimum absolute atomic E-state index is 0.0472. The third-order valence-corrected chi connectivity index (χ3v) is 5.84. The fraction of sp³-hybridized carbons (Fsp3) is 0.889. The number of fused-ring (bicyclic) bond motifs is 1. The summed E-state index contributed by atoms with van der Waals surface area (Å²) in [4.78, 5) is 30.3. The number of amides is 2. The molecule has 6 nitrogen and oxygen atoms in total. The fourth-order valence-electron chi connectivity index (χ4n) is 4.22. The second-order valence-corrected chi connectivity index (χ2v) is 8.16. The van der Waals surface area contributed by atoms with E-state index in [1.165, 1.54) is 12.8 Å². The van der Waals surface area contributed by atoms with Crippen LogP contribution in [0.1, 0.15) is 25.7 Å². The molecule has 136 valence electrons. The highest BCUT2D eigenvalue weighted by Gasteiger charge is 2.51. The molecule has 24 heavy (non-hydrogen) atoms. The van der Waals surface area contributed by atoms with Gasteiger partial charge in [-0.2, -0.15) is 0 Å². The minimum atomic E-state index is -0.0472. The van der Waals surface area contributed by atoms with Crippen molar-refractivity contribution in [1.82, 2.24) is 14.7 Å². The van der Waals surface area contributed by atoms with Crippen LogP contribution in [0.25, 0.3) is 0 Å². The Labute approximate surface area is 145 Å². The Balaban J connectivity index is 1.70. The van der Waals surface area contributed by atoms with E-state index >= 15 is 0 Å². The Kier molecular flexibility index (Phi) is 5.16. The topological polar surface area (TPSA) is 53.1 Å². The number of hydrogen-bond donors (Lipinski definition) is 0. The van der Waals surface area contributed by atoms with Gasteiger partial charge in [0.15, 0.2) is 0 Å². The maximum Gasteiger partial charge on any atom is 0.224 e. The van der Waals surface area contributed by atoms with Gasteiger partial charge in [0.05, 0.1) is 19.1 Å². The highest BCUT2D eigenvalue weighted by molar-refractivity contribution is 5.77. The molecule has 3 rings (SSSR count). The maximum atomic E-state index is 12.3. The van der Waals surface area contributed by atoms with Crippen molar-refractivity contribution in [3.8, 4) is 0 Å². The smallest absolute Gasteiger partial charge is 0.224 e. The zero-order valence-electron chi connectivity index (χ0n) is 15.4. The van der Waals surface area contributed by atoms with Gasteiger partial charge in [0.25, 0.3) is 0 Å². The van der Waals surface area contributed by atoms with Crippen molar-refractivity contribution in [3.05, 3.63) is 0 Å². The summed E-state index contributed by atoms with van der Waals surface area (Å²) in [6, 6.07) is 0.380. The van der Waals surface area contributed by atoms with Gasteiger partial charge in [-0.25, -0.2) is 0 Å². The van der Waals surface area contributed by atoms with Crippen LogP contribution in [0.15, 0.2) is 0 Å². The molecule has 1 aliphatic carbocycles. The lowest BCUT2D eigenvalue weighted by molar-refractivity contribution is -0.131. The van der Waals surface area contributed by atoms with Gasteiger partial charge in [0.1, 0.15) is 0 Å². The van der Waals surface area contributed by atoms with Crippen LogP contribution in [0.4, 0.5) is 0 Å². The van der Waals surface area contributed by atoms with Crippen LogP contribution in [0.2, 0.25) is 0 Å². The minimum Gasteiger partial charge on any atom is -0.376 e. The van der Waals surface area contributed by atoms with Crippen molar-refractivity contribution in [2.24, 2.45) is 17.8 Å². The molecule has 0 aromatic carbocycles. The highest BCUT2D eigenvalue weighted by atomic mass is 16.5. The molecule has 0 N–H and O–H groups in total. The zero-order valence-corrected chi connectivity index (χ0v) is 15.4. The van der Waals surface area contributed by atoms with Gasteiger partial charge in [-0.05, 0) is 24.7 Å². The zero-order chi connectivity index (χ0) is 17.4. The van der Waals surface area contributed by atoms with Crippen LogP contribution in [0.5, 0.6) is 0 Å². The van der Waals surface area contributed by atoms with Crippen molar-refractivity contribution in [1.29, 1.82) is 0 Å². The van der Waals surface area contributed by atoms with Gasteiger partial charge in [0.2, 0.25) is 11.8 Å². The summed E-state index contributed by atoms with van der Waals surface area (Å²) in [5, 5.41) is 0. The van der Waals surface area contributed by atoms with Crippen LogP contribution >= 0.6 is 0 Å². The summed E-state index contributed by atoms with van der Waals surface area (Å²) in [6.45, 7) is 2.81. The van der Waals surface area contributed by atoms with Gasteiger partial charge >= 0.3 is 0 Å². The second kappa shape index (κ2) is 7.00. The SMILES string of the molecule is CN(C)C(=O)C[C@@H]1CN(CC2CC2)[C@@H]2CO[C@@H](CC(=O)N(C)C)[C@H]12. The normalized spacial score (nSPS) is 32.7. The average Bonchev–Trinajstić information content (AvgIpc) is 3.13. The van der Waals surface area contributed by atoms with E-state index in [1.54, 1.807) is 23.9 Å². The number of hydrogen-bond acceptors (Lipinski definition) is 4. The Bertz CT molecular complexity index is 490. The van der Waals surface area contributed by atoms with Crippen LogP contribution < -0.4 is 0 Å². The van der Waals surface area contributed by atoms with E-state index in [2.05, 4.69) is 4.90 Å². The first kappa shape index (κ1) is 17.7. The number of nitrogens with zero attached hydrogens (tertiary/aromatic N) is 3. The predicted octanol–water partition coefficient (Wildman–Crippen LogP) is 0.668. The molecule has 2 aliphatic heterocycles. The van der Waals surface area contributed by atoms with Gasteiger partial charge in [-0.1, -0.05) is 0 Å². The molecule has 1 saturated carbocycles. The summed E-state index contributed by atoms with van der Waals surface area (Å²) in [5.41, 5.74) is 0. The molecule has 6 heteroatoms. The first-order valence-electron chi connectivity index (χ1n) is 9.12. The number of ether oxygens (including phenoxy) is 1. The molecule has 0 unspecified atom stereocenters. The molecular weight excluding hydrogens is 306 g/mol. The molecule has 2 heterocycles. The molecule has 2 saturated heterocycles. The van der Waals surface area contributed by atoms with Crippen molar-refractivity contribution in [2.75, 3.05) is 47.9 Å². The van der Waals surface area contributed by atoms with Gasteiger partial charge in [-0.15, -0.1) is 0 Å². The summed E-state index contributed by atoms with van der Waals surface area (Å²) in [7, 11) is 7.20. The van der Waals surface area contributed by atoms with Gasteiger partial charge < -0.3 is 14.5 Å². The standard InChI is InChI=1S/C18H31N3O3/c1-19(2)16(22)7-13-10-21(9-12-5-6-12)14-11-24-15(18(13)14)8-17(23)20(3)4/h12-15,18H,5-11H2,1-4H3/t13-,14-,15+,18-/m1/s1. The molecule has 3 fully saturated rings. The van der Waals surface area contributed by atoms with E-state index < -0.39 is 0 Å². The Hall–Kier alpha value is -1.14. The maximum absolute atomic E-state index is 12.3. The predicted molar refractivity (Wildman–Crippen MR) is 91.4 cm³/mol. The molecule has 3 aliphatic rings. The summed E-state index contributed by atoms with van der Waals surface area (Å²) in [6.07, 6.45) is 3.61. The van der Waals surface area contributed by atoms with Crippen LogP contribution in [-0.2, 0) is 14.3 Å². The average molecular weight is 337 g/mol. The number of rotatable bonds is 6. The lowest BCUT2D eigenvalue weighted by Crippen LogP contribution is -2.36. The highest BCUT2D eigenvalue weighted by Crippen LogP contribution is 2.43. The largest absolute Gasteiger partial charge is 0.376 e. The lowest BCUT2D eigenvalue weighted by atomic mass is 9.84. The molecule has 0 bridgehead atoms. The third kappa shape index (κ3) is 3.75. The Morgan fingerprint density at radius 1 is 1.04 bits per heavy atom. The van der Waals surface area contributed by atoms with E-state index in [9.17, 15) is 9.59 Å². The van der Waals surface area contributed by atoms with Crippen molar-refractivity contribution in [2.45, 2.75) is 37.8 Å². The monoisotopic (exact) mass is 337 g/mol. The molecule has 0 aromatic heterocycles. The molecule has 0 aromatic rings. The molecular formula is C18H31N3O3. The lowest BCUT2D eigenvalue weighted by Gasteiger charge is -2.24. The van der Waals surface area contributed by atoms with Crippen LogP contribution in [0.3, 0.4) is 0 Å². The number of carbonyl (C=O) groups is 2. The van der Waals surface area contributed by atoms with Gasteiger partial charge in [-0.3, -0.25) is 14.5 Å². The van der Waals surface area contributed by atoms with E-state index in [0.29, 0.717) is 37.3 Å². The number of likely N-dealkylation sites (tertiary alicyclic amines) is 1. The Morgan fingerprint density at radius 2 is 1.67 bits per heavy atom. The van der Waals surface area contributed by atoms with Crippen LogP contribution in [0, 0.1) is 17.8 Å². The number of carbonyl (C=O) groups excluding carboxylic acids is 2. The first-order chi connectivity index (χ1) is 11.4. The molecule has 0 radical (unpaired) electrons. The van der Waals surface area contributed by atoms with E-state index in [-0.39, 0.29) is 17.9 Å². The second-order valence-electron chi connectivity index (χ2n) is 8.16. The third-order valence-electron chi connectivity index (χ3n) is 5.84. The molecule has 2 amide bonds. The summed E-state index contributed by atoms with van der Waals surface area (Å²) >= 11 is 0. The quantitative estimate of drug-likeness (QED) is 0.715. The molecule has 0 spiro atoms. The van der Waals surface area contributed by atoms with E-state index in [4.69, 9.17) is 4.74 Å².